The molecule has 0 radical (unpaired) electrons. The molecule has 22 heavy (non-hydrogen) atoms. The van der Waals surface area contributed by atoms with Gasteiger partial charge in [0.15, 0.2) is 5.82 Å². The summed E-state index contributed by atoms with van der Waals surface area (Å²) in [6.45, 7) is 2.87. The van der Waals surface area contributed by atoms with Crippen LogP contribution < -0.4 is 11.1 Å². The van der Waals surface area contributed by atoms with Crippen LogP contribution in [0.4, 0.5) is 5.69 Å². The van der Waals surface area contributed by atoms with Gasteiger partial charge in [0.25, 0.3) is 0 Å². The predicted molar refractivity (Wildman–Crippen MR) is 85.6 cm³/mol. The summed E-state index contributed by atoms with van der Waals surface area (Å²) >= 11 is 0. The van der Waals surface area contributed by atoms with E-state index >= 15 is 0 Å². The Labute approximate surface area is 135 Å². The number of nitrogens with one attached hydrogen (secondary N) is 1. The van der Waals surface area contributed by atoms with E-state index in [-0.39, 0.29) is 31.4 Å². The SMILES string of the molecule is Cc1ccc(NC(=O)CN(C)Cc2noc(CN)n2)cc1.Cl. The van der Waals surface area contributed by atoms with Gasteiger partial charge in [-0.25, -0.2) is 0 Å². The molecule has 8 heteroatoms. The van der Waals surface area contributed by atoms with Crippen molar-refractivity contribution in [3.05, 3.63) is 41.5 Å². The minimum Gasteiger partial charge on any atom is -0.338 e. The monoisotopic (exact) mass is 325 g/mol. The molecule has 1 aromatic carbocycles. The van der Waals surface area contributed by atoms with Crippen molar-refractivity contribution in [2.24, 2.45) is 5.73 Å². The van der Waals surface area contributed by atoms with E-state index in [0.29, 0.717) is 18.3 Å². The number of nitrogens with two attached hydrogens (primary N) is 1. The summed E-state index contributed by atoms with van der Waals surface area (Å²) in [5.41, 5.74) is 7.33. The number of aryl methyl sites for hydroxylation is 1. The largest absolute Gasteiger partial charge is 0.338 e. The molecule has 0 aliphatic carbocycles. The zero-order valence-corrected chi connectivity index (χ0v) is 13.4. The summed E-state index contributed by atoms with van der Waals surface area (Å²) in [6, 6.07) is 7.65. The Balaban J connectivity index is 0.00000242. The molecule has 0 aliphatic heterocycles. The number of benzene rings is 1. The van der Waals surface area contributed by atoms with Gasteiger partial charge >= 0.3 is 0 Å². The van der Waals surface area contributed by atoms with E-state index in [9.17, 15) is 4.79 Å². The summed E-state index contributed by atoms with van der Waals surface area (Å²) in [6.07, 6.45) is 0. The van der Waals surface area contributed by atoms with Gasteiger partial charge < -0.3 is 15.6 Å². The molecule has 0 saturated carbocycles. The summed E-state index contributed by atoms with van der Waals surface area (Å²) in [7, 11) is 1.81. The van der Waals surface area contributed by atoms with Gasteiger partial charge in [-0.05, 0) is 26.1 Å². The number of nitrogens with zero attached hydrogens (tertiary/aromatic N) is 3. The summed E-state index contributed by atoms with van der Waals surface area (Å²) in [5, 5.41) is 6.63. The van der Waals surface area contributed by atoms with Crippen molar-refractivity contribution >= 4 is 24.0 Å². The van der Waals surface area contributed by atoms with Gasteiger partial charge in [0.1, 0.15) is 0 Å². The highest BCUT2D eigenvalue weighted by Crippen LogP contribution is 2.08. The fourth-order valence-electron chi connectivity index (χ4n) is 1.82. The Bertz CT molecular complexity index is 600. The third-order valence-corrected chi connectivity index (χ3v) is 2.84. The number of anilines is 1. The molecule has 0 atom stereocenters. The molecule has 2 aromatic rings. The zero-order valence-electron chi connectivity index (χ0n) is 12.6. The molecule has 0 fully saturated rings. The minimum atomic E-state index is -0.0936. The van der Waals surface area contributed by atoms with E-state index in [4.69, 9.17) is 10.3 Å². The maximum Gasteiger partial charge on any atom is 0.240 e. The first-order valence-electron chi connectivity index (χ1n) is 6.63. The van der Waals surface area contributed by atoms with Crippen LogP contribution in [-0.4, -0.2) is 34.5 Å². The van der Waals surface area contributed by atoms with Crippen LogP contribution in [0.3, 0.4) is 0 Å². The van der Waals surface area contributed by atoms with Crippen molar-refractivity contribution in [3.8, 4) is 0 Å². The second-order valence-corrected chi connectivity index (χ2v) is 4.89. The fraction of sp³-hybridized carbons (Fsp3) is 0.357. The Morgan fingerprint density at radius 3 is 2.64 bits per heavy atom. The summed E-state index contributed by atoms with van der Waals surface area (Å²) < 4.78 is 4.91. The highest BCUT2D eigenvalue weighted by molar-refractivity contribution is 5.92. The summed E-state index contributed by atoms with van der Waals surface area (Å²) in [4.78, 5) is 17.8. The average Bonchev–Trinajstić information content (AvgIpc) is 2.88. The average molecular weight is 326 g/mol. The lowest BCUT2D eigenvalue weighted by Crippen LogP contribution is -2.30. The second kappa shape index (κ2) is 8.47. The molecule has 0 saturated heterocycles. The van der Waals surface area contributed by atoms with Crippen LogP contribution in [-0.2, 0) is 17.9 Å². The molecule has 1 amide bonds. The van der Waals surface area contributed by atoms with Crippen LogP contribution in [0, 0.1) is 6.92 Å². The molecule has 0 bridgehead atoms. The van der Waals surface area contributed by atoms with Crippen LogP contribution in [0.25, 0.3) is 0 Å². The summed E-state index contributed by atoms with van der Waals surface area (Å²) in [5.74, 6) is 0.812. The molecule has 2 rings (SSSR count). The third kappa shape index (κ3) is 5.44. The number of amides is 1. The lowest BCUT2D eigenvalue weighted by Gasteiger charge is -2.14. The van der Waals surface area contributed by atoms with Crippen LogP contribution in [0.5, 0.6) is 0 Å². The van der Waals surface area contributed by atoms with Gasteiger partial charge in [-0.15, -0.1) is 12.4 Å². The lowest BCUT2D eigenvalue weighted by atomic mass is 10.2. The van der Waals surface area contributed by atoms with Crippen LogP contribution in [0.1, 0.15) is 17.3 Å². The molecule has 1 heterocycles. The van der Waals surface area contributed by atoms with Gasteiger partial charge in [-0.1, -0.05) is 22.9 Å². The number of carbonyl (C=O) groups excluding carboxylic acids is 1. The molecule has 120 valence electrons. The number of hydrogen-bond donors (Lipinski definition) is 2. The molecular weight excluding hydrogens is 306 g/mol. The van der Waals surface area contributed by atoms with Gasteiger partial charge in [-0.2, -0.15) is 4.98 Å². The van der Waals surface area contributed by atoms with E-state index in [2.05, 4.69) is 15.5 Å². The van der Waals surface area contributed by atoms with Crippen molar-refractivity contribution in [1.29, 1.82) is 0 Å². The maximum absolute atomic E-state index is 11.9. The number of carbonyl (C=O) groups is 1. The number of likely N-dealkylation sites (N-methyl/N-ethyl adjacent to an activating group) is 1. The quantitative estimate of drug-likeness (QED) is 0.831. The Morgan fingerprint density at radius 1 is 1.36 bits per heavy atom. The molecule has 0 spiro atoms. The fourth-order valence-corrected chi connectivity index (χ4v) is 1.82. The normalized spacial score (nSPS) is 10.4. The van der Waals surface area contributed by atoms with E-state index in [1.54, 1.807) is 4.90 Å². The number of hydrogen-bond acceptors (Lipinski definition) is 6. The van der Waals surface area contributed by atoms with Gasteiger partial charge in [0.2, 0.25) is 11.8 Å². The first kappa shape index (κ1) is 18.1. The molecule has 7 nitrogen and oxygen atoms in total. The minimum absolute atomic E-state index is 0. The van der Waals surface area contributed by atoms with Crippen molar-refractivity contribution in [3.63, 3.8) is 0 Å². The molecular formula is C14H20ClN5O2. The Kier molecular flexibility index (Phi) is 6.97. The van der Waals surface area contributed by atoms with E-state index in [1.807, 2.05) is 38.2 Å². The smallest absolute Gasteiger partial charge is 0.240 e. The highest BCUT2D eigenvalue weighted by Gasteiger charge is 2.11. The van der Waals surface area contributed by atoms with Gasteiger partial charge in [0, 0.05) is 5.69 Å². The third-order valence-electron chi connectivity index (χ3n) is 2.84. The van der Waals surface area contributed by atoms with Gasteiger partial charge in [-0.3, -0.25) is 9.69 Å². The first-order valence-corrected chi connectivity index (χ1v) is 6.63. The Hall–Kier alpha value is -1.96. The van der Waals surface area contributed by atoms with E-state index in [0.717, 1.165) is 11.3 Å². The first-order chi connectivity index (χ1) is 10.1. The van der Waals surface area contributed by atoms with Crippen molar-refractivity contribution < 1.29 is 9.32 Å². The lowest BCUT2D eigenvalue weighted by molar-refractivity contribution is -0.117. The maximum atomic E-state index is 11.9. The second-order valence-electron chi connectivity index (χ2n) is 4.89. The number of rotatable bonds is 6. The van der Waals surface area contributed by atoms with E-state index < -0.39 is 0 Å². The van der Waals surface area contributed by atoms with Crippen LogP contribution in [0.15, 0.2) is 28.8 Å². The number of halogens is 1. The zero-order chi connectivity index (χ0) is 15.2. The molecule has 1 aromatic heterocycles. The molecule has 0 aliphatic rings. The predicted octanol–water partition coefficient (Wildman–Crippen LogP) is 1.33. The van der Waals surface area contributed by atoms with Gasteiger partial charge in [0.05, 0.1) is 19.6 Å². The van der Waals surface area contributed by atoms with Crippen LogP contribution in [0.2, 0.25) is 0 Å². The van der Waals surface area contributed by atoms with Crippen molar-refractivity contribution in [1.82, 2.24) is 15.0 Å². The molecule has 0 unspecified atom stereocenters. The van der Waals surface area contributed by atoms with Crippen molar-refractivity contribution in [2.75, 3.05) is 18.9 Å². The van der Waals surface area contributed by atoms with Crippen LogP contribution >= 0.6 is 12.4 Å². The van der Waals surface area contributed by atoms with Crippen molar-refractivity contribution in [2.45, 2.75) is 20.0 Å². The number of aromatic nitrogens is 2. The van der Waals surface area contributed by atoms with E-state index in [1.165, 1.54) is 0 Å². The topological polar surface area (TPSA) is 97.3 Å². The highest BCUT2D eigenvalue weighted by atomic mass is 35.5. The Morgan fingerprint density at radius 2 is 2.05 bits per heavy atom. The standard InChI is InChI=1S/C14H19N5O2.ClH/c1-10-3-5-11(6-4-10)16-13(20)9-19(2)8-12-17-14(7-15)21-18-12;/h3-6H,7-9,15H2,1-2H3,(H,16,20);1H. The molecule has 3 N–H and O–H groups in total.